The van der Waals surface area contributed by atoms with E-state index in [4.69, 9.17) is 0 Å². The van der Waals surface area contributed by atoms with Gasteiger partial charge in [0.25, 0.3) is 0 Å². The van der Waals surface area contributed by atoms with E-state index in [1.807, 2.05) is 27.7 Å². The molecule has 1 N–H and O–H groups in total. The van der Waals surface area contributed by atoms with Crippen LogP contribution in [0.2, 0.25) is 0 Å². The lowest BCUT2D eigenvalue weighted by atomic mass is 9.98. The summed E-state index contributed by atoms with van der Waals surface area (Å²) < 4.78 is 18.2. The normalized spacial score (nSPS) is 24.1. The highest BCUT2D eigenvalue weighted by Gasteiger charge is 2.40. The first kappa shape index (κ1) is 16.7. The minimum Gasteiger partial charge on any atom is -0.453 e. The number of hydrogen-bond donors (Lipinski definition) is 1. The summed E-state index contributed by atoms with van der Waals surface area (Å²) in [5.74, 6) is -0.136. The third kappa shape index (κ3) is 3.84. The van der Waals surface area contributed by atoms with E-state index in [0.29, 0.717) is 6.42 Å². The second kappa shape index (κ2) is 6.90. The molecule has 5 nitrogen and oxygen atoms in total. The molecule has 0 aromatic heterocycles. The number of halogens is 1. The fourth-order valence-corrected chi connectivity index (χ4v) is 2.58. The molecule has 0 spiro atoms. The minimum absolute atomic E-state index is 0.0897. The average Bonchev–Trinajstić information content (AvgIpc) is 2.76. The second-order valence-electron chi connectivity index (χ2n) is 5.99. The number of nitrogens with zero attached hydrogens (tertiary/aromatic N) is 1. The molecule has 0 aromatic rings. The van der Waals surface area contributed by atoms with Gasteiger partial charge in [-0.05, 0) is 11.8 Å². The highest BCUT2D eigenvalue weighted by atomic mass is 19.1. The first-order valence-corrected chi connectivity index (χ1v) is 7.07. The highest BCUT2D eigenvalue weighted by molar-refractivity contribution is 5.86. The number of methoxy groups -OCH3 is 1. The predicted molar refractivity (Wildman–Crippen MR) is 74.0 cm³/mol. The van der Waals surface area contributed by atoms with Crippen LogP contribution in [0.4, 0.5) is 9.18 Å². The largest absolute Gasteiger partial charge is 0.453 e. The van der Waals surface area contributed by atoms with Gasteiger partial charge >= 0.3 is 6.09 Å². The van der Waals surface area contributed by atoms with Crippen molar-refractivity contribution < 1.29 is 18.7 Å². The maximum Gasteiger partial charge on any atom is 0.407 e. The van der Waals surface area contributed by atoms with E-state index in [0.717, 1.165) is 0 Å². The Morgan fingerprint density at radius 3 is 2.35 bits per heavy atom. The molecule has 1 saturated heterocycles. The molecule has 116 valence electrons. The molecular formula is C14H25FN2O3. The third-order valence-corrected chi connectivity index (χ3v) is 3.74. The van der Waals surface area contributed by atoms with Gasteiger partial charge in [0, 0.05) is 12.5 Å². The highest BCUT2D eigenvalue weighted by Crippen LogP contribution is 2.27. The van der Waals surface area contributed by atoms with E-state index in [2.05, 4.69) is 10.1 Å². The molecule has 1 aliphatic rings. The summed E-state index contributed by atoms with van der Waals surface area (Å²) >= 11 is 0. The van der Waals surface area contributed by atoms with Crippen LogP contribution >= 0.6 is 0 Å². The van der Waals surface area contributed by atoms with Crippen LogP contribution in [-0.4, -0.2) is 48.8 Å². The summed E-state index contributed by atoms with van der Waals surface area (Å²) in [5, 5.41) is 2.54. The van der Waals surface area contributed by atoms with Crippen molar-refractivity contribution in [3.63, 3.8) is 0 Å². The Hall–Kier alpha value is -1.33. The smallest absolute Gasteiger partial charge is 0.407 e. The number of alkyl carbamates (subject to hydrolysis) is 1. The van der Waals surface area contributed by atoms with Crippen LogP contribution in [0, 0.1) is 11.8 Å². The molecule has 0 aromatic carbocycles. The maximum absolute atomic E-state index is 13.6. The lowest BCUT2D eigenvalue weighted by molar-refractivity contribution is -0.136. The Kier molecular flexibility index (Phi) is 5.77. The van der Waals surface area contributed by atoms with E-state index < -0.39 is 18.3 Å². The van der Waals surface area contributed by atoms with E-state index in [9.17, 15) is 14.0 Å². The van der Waals surface area contributed by atoms with Crippen molar-refractivity contribution in [1.29, 1.82) is 0 Å². The zero-order valence-electron chi connectivity index (χ0n) is 12.9. The van der Waals surface area contributed by atoms with Gasteiger partial charge in [-0.15, -0.1) is 0 Å². The first-order valence-electron chi connectivity index (χ1n) is 7.07. The van der Waals surface area contributed by atoms with Gasteiger partial charge in [-0.2, -0.15) is 0 Å². The Morgan fingerprint density at radius 2 is 1.90 bits per heavy atom. The standard InChI is InChI=1S/C14H25FN2O3/c1-8(2)11-6-10(15)7-17(11)13(18)12(9(3)4)16-14(19)20-5/h8-12H,6-7H2,1-5H3,(H,16,19)/t10?,11-,12-/m0/s1. The number of alkyl halides is 1. The van der Waals surface area contributed by atoms with Gasteiger partial charge in [0.15, 0.2) is 0 Å². The molecule has 0 aliphatic carbocycles. The molecule has 0 bridgehead atoms. The number of nitrogens with one attached hydrogen (secondary N) is 1. The van der Waals surface area contributed by atoms with Crippen LogP contribution in [0.1, 0.15) is 34.1 Å². The van der Waals surface area contributed by atoms with Crippen LogP contribution in [0.15, 0.2) is 0 Å². The molecular weight excluding hydrogens is 263 g/mol. The van der Waals surface area contributed by atoms with Gasteiger partial charge in [-0.3, -0.25) is 4.79 Å². The van der Waals surface area contributed by atoms with Crippen molar-refractivity contribution in [3.8, 4) is 0 Å². The SMILES string of the molecule is COC(=O)N[C@H](C(=O)N1CC(F)C[C@H]1C(C)C)C(C)C. The first-order chi connectivity index (χ1) is 9.27. The zero-order valence-corrected chi connectivity index (χ0v) is 12.9. The summed E-state index contributed by atoms with van der Waals surface area (Å²) in [6, 6.07) is -0.799. The summed E-state index contributed by atoms with van der Waals surface area (Å²) in [6.45, 7) is 7.73. The Bertz CT molecular complexity index is 360. The molecule has 1 aliphatic heterocycles. The van der Waals surface area contributed by atoms with E-state index in [1.165, 1.54) is 7.11 Å². The van der Waals surface area contributed by atoms with Gasteiger partial charge in [-0.25, -0.2) is 9.18 Å². The number of carbonyl (C=O) groups excluding carboxylic acids is 2. The molecule has 2 amide bonds. The van der Waals surface area contributed by atoms with Crippen molar-refractivity contribution in [2.75, 3.05) is 13.7 Å². The van der Waals surface area contributed by atoms with E-state index in [1.54, 1.807) is 4.90 Å². The average molecular weight is 288 g/mol. The summed E-state index contributed by atoms with van der Waals surface area (Å²) in [4.78, 5) is 25.5. The number of rotatable bonds is 4. The monoisotopic (exact) mass is 288 g/mol. The van der Waals surface area contributed by atoms with Crippen molar-refractivity contribution in [3.05, 3.63) is 0 Å². The third-order valence-electron chi connectivity index (χ3n) is 3.74. The van der Waals surface area contributed by atoms with Crippen molar-refractivity contribution in [1.82, 2.24) is 10.2 Å². The number of hydrogen-bond acceptors (Lipinski definition) is 3. The molecule has 3 atom stereocenters. The molecule has 1 unspecified atom stereocenters. The quantitative estimate of drug-likeness (QED) is 0.860. The fraction of sp³-hybridized carbons (Fsp3) is 0.857. The topological polar surface area (TPSA) is 58.6 Å². The lowest BCUT2D eigenvalue weighted by Crippen LogP contribution is -2.53. The molecule has 0 saturated carbocycles. The molecule has 20 heavy (non-hydrogen) atoms. The lowest BCUT2D eigenvalue weighted by Gasteiger charge is -2.32. The molecule has 6 heteroatoms. The number of likely N-dealkylation sites (tertiary alicyclic amines) is 1. The Balaban J connectivity index is 2.85. The summed E-state index contributed by atoms with van der Waals surface area (Å²) in [6.07, 6.45) is -1.27. The van der Waals surface area contributed by atoms with Gasteiger partial charge in [-0.1, -0.05) is 27.7 Å². The number of ether oxygens (including phenoxy) is 1. The van der Waals surface area contributed by atoms with Crippen LogP contribution in [0.3, 0.4) is 0 Å². The summed E-state index contributed by atoms with van der Waals surface area (Å²) in [5.41, 5.74) is 0. The Morgan fingerprint density at radius 1 is 1.30 bits per heavy atom. The minimum atomic E-state index is -0.989. The molecule has 1 rings (SSSR count). The van der Waals surface area contributed by atoms with Gasteiger partial charge in [0.1, 0.15) is 12.2 Å². The van der Waals surface area contributed by atoms with Crippen molar-refractivity contribution in [2.24, 2.45) is 11.8 Å². The molecule has 1 fully saturated rings. The van der Waals surface area contributed by atoms with E-state index >= 15 is 0 Å². The van der Waals surface area contributed by atoms with Crippen LogP contribution in [0.25, 0.3) is 0 Å². The predicted octanol–water partition coefficient (Wildman–Crippen LogP) is 1.96. The molecule has 1 heterocycles. The second-order valence-corrected chi connectivity index (χ2v) is 5.99. The van der Waals surface area contributed by atoms with Crippen molar-refractivity contribution in [2.45, 2.75) is 52.4 Å². The van der Waals surface area contributed by atoms with Crippen LogP contribution in [-0.2, 0) is 9.53 Å². The Labute approximate surface area is 119 Å². The van der Waals surface area contributed by atoms with Gasteiger partial charge in [0.05, 0.1) is 13.7 Å². The van der Waals surface area contributed by atoms with Crippen LogP contribution in [0.5, 0.6) is 0 Å². The number of carbonyl (C=O) groups is 2. The van der Waals surface area contributed by atoms with Gasteiger partial charge in [0.2, 0.25) is 5.91 Å². The summed E-state index contributed by atoms with van der Waals surface area (Å²) in [7, 11) is 1.25. The van der Waals surface area contributed by atoms with Crippen molar-refractivity contribution >= 4 is 12.0 Å². The molecule has 0 radical (unpaired) electrons. The maximum atomic E-state index is 13.6. The zero-order chi connectivity index (χ0) is 15.4. The van der Waals surface area contributed by atoms with Crippen LogP contribution < -0.4 is 5.32 Å². The van der Waals surface area contributed by atoms with Gasteiger partial charge < -0.3 is 15.0 Å². The van der Waals surface area contributed by atoms with E-state index in [-0.39, 0.29) is 30.3 Å². The number of amides is 2. The fourth-order valence-electron chi connectivity index (χ4n) is 2.58.